The number of esters is 1. The van der Waals surface area contributed by atoms with Gasteiger partial charge in [-0.05, 0) is 35.8 Å². The Hall–Kier alpha value is -3.34. The number of sulfonamides is 1. The lowest BCUT2D eigenvalue weighted by atomic mass is 9.96. The number of piperidine rings is 1. The fourth-order valence-electron chi connectivity index (χ4n) is 6.08. The molecule has 1 saturated carbocycles. The summed E-state index contributed by atoms with van der Waals surface area (Å²) >= 11 is 0. The van der Waals surface area contributed by atoms with Gasteiger partial charge in [-0.3, -0.25) is 14.4 Å². The van der Waals surface area contributed by atoms with Crippen molar-refractivity contribution >= 4 is 33.6 Å². The number of amides is 2. The largest absolute Gasteiger partial charge is 0.511 e. The summed E-state index contributed by atoms with van der Waals surface area (Å²) in [5, 5.41) is 2.60. The number of rotatable bonds is 12. The van der Waals surface area contributed by atoms with Gasteiger partial charge in [0.25, 0.3) is 0 Å². The molecule has 250 valence electrons. The van der Waals surface area contributed by atoms with Crippen LogP contribution in [-0.2, 0) is 33.9 Å². The molecular weight excluding hydrogens is 633 g/mol. The summed E-state index contributed by atoms with van der Waals surface area (Å²) in [5.74, 6) is -8.31. The maximum atomic E-state index is 14.1. The van der Waals surface area contributed by atoms with Gasteiger partial charge in [0, 0.05) is 37.4 Å². The van der Waals surface area contributed by atoms with Crippen LogP contribution in [0.2, 0.25) is 0 Å². The summed E-state index contributed by atoms with van der Waals surface area (Å²) in [6, 6.07) is -0.844. The lowest BCUT2D eigenvalue weighted by molar-refractivity contribution is -0.165. The molecule has 2 amide bonds. The minimum absolute atomic E-state index is 0.0795. The Bertz CT molecular complexity index is 1470. The Labute approximate surface area is 256 Å². The molecule has 11 nitrogen and oxygen atoms in total. The number of fused-ring (bicyclic) bond motifs is 1. The number of hydrogen-bond donors (Lipinski definition) is 2. The van der Waals surface area contributed by atoms with Gasteiger partial charge in [0.1, 0.15) is 17.9 Å². The zero-order chi connectivity index (χ0) is 33.6. The second-order valence-corrected chi connectivity index (χ2v) is 14.2. The molecule has 17 heteroatoms. The summed E-state index contributed by atoms with van der Waals surface area (Å²) < 4.78 is 103. The minimum atomic E-state index is -5.92. The van der Waals surface area contributed by atoms with Gasteiger partial charge in [0.2, 0.25) is 17.6 Å². The van der Waals surface area contributed by atoms with E-state index in [4.69, 9.17) is 9.47 Å². The third-order valence-corrected chi connectivity index (χ3v) is 9.97. The van der Waals surface area contributed by atoms with Crippen molar-refractivity contribution in [3.8, 4) is 5.75 Å². The average molecular weight is 668 g/mol. The second-order valence-electron chi connectivity index (χ2n) is 12.4. The highest BCUT2D eigenvalue weighted by Crippen LogP contribution is 2.65. The lowest BCUT2D eigenvalue weighted by Crippen LogP contribution is -2.57. The van der Waals surface area contributed by atoms with Gasteiger partial charge in [0.05, 0.1) is 0 Å². The van der Waals surface area contributed by atoms with Crippen LogP contribution in [0.25, 0.3) is 0 Å². The zero-order valence-electron chi connectivity index (χ0n) is 24.8. The molecule has 2 aliphatic heterocycles. The van der Waals surface area contributed by atoms with Crippen LogP contribution in [0.1, 0.15) is 40.5 Å². The highest BCUT2D eigenvalue weighted by molar-refractivity contribution is 7.90. The van der Waals surface area contributed by atoms with Crippen LogP contribution in [-0.4, -0.2) is 80.3 Å². The molecular formula is C28H34F5N3O8S. The van der Waals surface area contributed by atoms with Crippen molar-refractivity contribution < 1.29 is 59.0 Å². The first kappa shape index (κ1) is 34.5. The molecule has 1 aliphatic carbocycles. The highest BCUT2D eigenvalue weighted by Gasteiger charge is 2.70. The first-order valence-corrected chi connectivity index (χ1v) is 15.7. The van der Waals surface area contributed by atoms with Gasteiger partial charge < -0.3 is 19.7 Å². The van der Waals surface area contributed by atoms with Crippen LogP contribution in [0, 0.1) is 40.7 Å². The predicted molar refractivity (Wildman–Crippen MR) is 145 cm³/mol. The van der Waals surface area contributed by atoms with E-state index < -0.39 is 104 Å². The van der Waals surface area contributed by atoms with Gasteiger partial charge >= 0.3 is 21.5 Å². The normalized spacial score (nSPS) is 25.4. The summed E-state index contributed by atoms with van der Waals surface area (Å²) in [7, 11) is -5.92. The topological polar surface area (TPSA) is 148 Å². The van der Waals surface area contributed by atoms with Crippen LogP contribution in [0.15, 0.2) is 18.2 Å². The van der Waals surface area contributed by atoms with Crippen molar-refractivity contribution in [2.45, 2.75) is 64.2 Å². The molecule has 0 spiro atoms. The van der Waals surface area contributed by atoms with Gasteiger partial charge in [-0.25, -0.2) is 22.0 Å². The Kier molecular flexibility index (Phi) is 9.56. The van der Waals surface area contributed by atoms with E-state index in [1.165, 1.54) is 18.6 Å². The van der Waals surface area contributed by atoms with E-state index in [1.54, 1.807) is 0 Å². The van der Waals surface area contributed by atoms with E-state index in [0.717, 1.165) is 17.0 Å². The lowest BCUT2D eigenvalue weighted by Gasteiger charge is -2.34. The first-order chi connectivity index (χ1) is 20.8. The average Bonchev–Trinajstić information content (AvgIpc) is 3.26. The van der Waals surface area contributed by atoms with Crippen molar-refractivity contribution in [1.29, 1.82) is 0 Å². The molecule has 1 aromatic rings. The van der Waals surface area contributed by atoms with Gasteiger partial charge in [-0.15, -0.1) is 0 Å². The monoisotopic (exact) mass is 667 g/mol. The van der Waals surface area contributed by atoms with Gasteiger partial charge in [-0.1, -0.05) is 27.7 Å². The van der Waals surface area contributed by atoms with Crippen LogP contribution < -0.4 is 14.8 Å². The fraction of sp³-hybridized carbons (Fsp3) is 0.643. The smallest absolute Gasteiger partial charge is 0.483 e. The van der Waals surface area contributed by atoms with Crippen LogP contribution in [0.3, 0.4) is 0 Å². The molecule has 3 aliphatic rings. The van der Waals surface area contributed by atoms with E-state index in [9.17, 15) is 49.5 Å². The van der Waals surface area contributed by atoms with Crippen molar-refractivity contribution in [2.24, 2.45) is 29.1 Å². The summed E-state index contributed by atoms with van der Waals surface area (Å²) in [5.41, 5.74) is -6.18. The number of ketones is 1. The standard InChI is InChI=1S/C28H34F5N3O8S/c1-13(2)22(35-45(41,42)28(31,32)33)25(39)36-11-16-21(27(16,3)4)23(36)26(40)44-20(9-14-7-8-34-24(14)38)18(37)12-43-19-6-5-15(29)10-17(19)30/h5-6,10,13-14,16,20-23,35H,7-9,11-12H2,1-4H3,(H,34,38)/t14-,16-,20-,21-,22-,23-/m0/s1. The van der Waals surface area contributed by atoms with Crippen molar-refractivity contribution in [3.05, 3.63) is 29.8 Å². The Morgan fingerprint density at radius 2 is 1.84 bits per heavy atom. The molecule has 45 heavy (non-hydrogen) atoms. The Morgan fingerprint density at radius 1 is 1.18 bits per heavy atom. The number of carbonyl (C=O) groups is 4. The van der Waals surface area contributed by atoms with Crippen LogP contribution in [0.5, 0.6) is 5.75 Å². The zero-order valence-corrected chi connectivity index (χ0v) is 25.6. The number of ether oxygens (including phenoxy) is 2. The van der Waals surface area contributed by atoms with E-state index in [-0.39, 0.29) is 18.9 Å². The van der Waals surface area contributed by atoms with Gasteiger partial charge in [-0.2, -0.15) is 17.9 Å². The summed E-state index contributed by atoms with van der Waals surface area (Å²) in [6.07, 6.45) is -1.56. The third-order valence-electron chi connectivity index (χ3n) is 8.80. The molecule has 2 saturated heterocycles. The number of Topliss-reactive ketones (excluding diaryl/α,β-unsaturated/α-hetero) is 1. The van der Waals surface area contributed by atoms with Gasteiger partial charge in [0.15, 0.2) is 24.3 Å². The van der Waals surface area contributed by atoms with Crippen molar-refractivity contribution in [3.63, 3.8) is 0 Å². The molecule has 0 radical (unpaired) electrons. The Morgan fingerprint density at radius 3 is 2.40 bits per heavy atom. The highest BCUT2D eigenvalue weighted by atomic mass is 32.2. The van der Waals surface area contributed by atoms with Crippen LogP contribution in [0.4, 0.5) is 22.0 Å². The first-order valence-electron chi connectivity index (χ1n) is 14.2. The molecule has 0 unspecified atom stereocenters. The number of hydrogen-bond acceptors (Lipinski definition) is 8. The number of nitrogens with zero attached hydrogens (tertiary/aromatic N) is 1. The second kappa shape index (κ2) is 12.5. The number of halogens is 5. The summed E-state index contributed by atoms with van der Waals surface area (Å²) in [6.45, 7) is 5.70. The van der Waals surface area contributed by atoms with Crippen molar-refractivity contribution in [1.82, 2.24) is 14.9 Å². The molecule has 2 heterocycles. The Balaban J connectivity index is 1.57. The number of likely N-dealkylation sites (tertiary alicyclic amines) is 1. The number of carbonyl (C=O) groups excluding carboxylic acids is 4. The molecule has 1 aromatic carbocycles. The number of benzene rings is 1. The summed E-state index contributed by atoms with van der Waals surface area (Å²) in [4.78, 5) is 53.8. The van der Waals surface area contributed by atoms with Crippen LogP contribution >= 0.6 is 0 Å². The van der Waals surface area contributed by atoms with E-state index in [1.807, 2.05) is 13.8 Å². The molecule has 0 aromatic heterocycles. The SMILES string of the molecule is CC(C)[C@H](NS(=O)(=O)C(F)(F)F)C(=O)N1C[C@H]2[C@@H]([C@H]1C(=O)O[C@@H](C[C@@H]1CCNC1=O)C(=O)COc1ccc(F)cc1F)C2(C)C. The maximum absolute atomic E-state index is 14.1. The number of nitrogens with one attached hydrogen (secondary N) is 2. The number of alkyl halides is 3. The maximum Gasteiger partial charge on any atom is 0.511 e. The van der Waals surface area contributed by atoms with E-state index in [2.05, 4.69) is 5.32 Å². The van der Waals surface area contributed by atoms with Crippen molar-refractivity contribution in [2.75, 3.05) is 19.7 Å². The molecule has 6 atom stereocenters. The third kappa shape index (κ3) is 7.08. The predicted octanol–water partition coefficient (Wildman–Crippen LogP) is 2.30. The van der Waals surface area contributed by atoms with E-state index in [0.29, 0.717) is 19.0 Å². The molecule has 2 N–H and O–H groups in total. The fourth-order valence-corrected chi connectivity index (χ4v) is 6.93. The minimum Gasteiger partial charge on any atom is -0.483 e. The quantitative estimate of drug-likeness (QED) is 0.255. The molecule has 3 fully saturated rings. The molecule has 0 bridgehead atoms. The molecule has 4 rings (SSSR count). The van der Waals surface area contributed by atoms with E-state index >= 15 is 0 Å².